The lowest BCUT2D eigenvalue weighted by atomic mass is 10.2. The number of nitrogens with two attached hydrogens (primary N) is 1. The average Bonchev–Trinajstić information content (AvgIpc) is 2.35. The minimum absolute atomic E-state index is 0.211. The van der Waals surface area contributed by atoms with Gasteiger partial charge in [-0.15, -0.1) is 0 Å². The molecule has 0 bridgehead atoms. The van der Waals surface area contributed by atoms with E-state index in [0.29, 0.717) is 17.3 Å². The van der Waals surface area contributed by atoms with Gasteiger partial charge >= 0.3 is 0 Å². The van der Waals surface area contributed by atoms with Crippen molar-refractivity contribution in [2.45, 2.75) is 6.54 Å². The van der Waals surface area contributed by atoms with Crippen molar-refractivity contribution >= 4 is 11.8 Å². The predicted octanol–water partition coefficient (Wildman–Crippen LogP) is 1.65. The third-order valence-corrected chi connectivity index (χ3v) is 2.18. The normalized spacial score (nSPS) is 10.2. The highest BCUT2D eigenvalue weighted by molar-refractivity contribution is 5.38. The molecule has 2 rings (SSSR count). The lowest BCUT2D eigenvalue weighted by Crippen LogP contribution is -2.11. The van der Waals surface area contributed by atoms with Crippen LogP contribution in [0.25, 0.3) is 0 Å². The van der Waals surface area contributed by atoms with Crippen LogP contribution < -0.4 is 16.6 Å². The number of anilines is 2. The van der Waals surface area contributed by atoms with E-state index in [9.17, 15) is 8.78 Å². The van der Waals surface area contributed by atoms with Crippen LogP contribution in [0.1, 0.15) is 5.56 Å². The molecule has 18 heavy (non-hydrogen) atoms. The lowest BCUT2D eigenvalue weighted by molar-refractivity contribution is 0.580. The Kier molecular flexibility index (Phi) is 3.63. The van der Waals surface area contributed by atoms with E-state index >= 15 is 0 Å². The maximum absolute atomic E-state index is 12.9. The molecule has 0 atom stereocenters. The highest BCUT2D eigenvalue weighted by Gasteiger charge is 2.02. The molecule has 1 heterocycles. The van der Waals surface area contributed by atoms with Crippen LogP contribution in [0.3, 0.4) is 0 Å². The number of halogens is 2. The fourth-order valence-corrected chi connectivity index (χ4v) is 1.42. The Bertz CT molecular complexity index is 526. The summed E-state index contributed by atoms with van der Waals surface area (Å²) in [4.78, 5) is 7.95. The number of hydrogen-bond acceptors (Lipinski definition) is 5. The van der Waals surface area contributed by atoms with Crippen LogP contribution in [0.15, 0.2) is 30.5 Å². The third-order valence-electron chi connectivity index (χ3n) is 2.18. The molecule has 94 valence electrons. The predicted molar refractivity (Wildman–Crippen MR) is 63.5 cm³/mol. The first-order chi connectivity index (χ1) is 8.67. The minimum Gasteiger partial charge on any atom is -0.350 e. The fourth-order valence-electron chi connectivity index (χ4n) is 1.42. The van der Waals surface area contributed by atoms with Crippen LogP contribution in [0, 0.1) is 11.6 Å². The van der Waals surface area contributed by atoms with Crippen molar-refractivity contribution in [2.75, 3.05) is 10.7 Å². The first-order valence-corrected chi connectivity index (χ1v) is 5.16. The summed E-state index contributed by atoms with van der Waals surface area (Å²) in [6, 6.07) is 4.88. The second kappa shape index (κ2) is 5.37. The van der Waals surface area contributed by atoms with E-state index in [1.807, 2.05) is 0 Å². The van der Waals surface area contributed by atoms with Crippen molar-refractivity contribution in [3.05, 3.63) is 47.7 Å². The van der Waals surface area contributed by atoms with Gasteiger partial charge in [0.15, 0.2) is 0 Å². The molecule has 0 amide bonds. The summed E-state index contributed by atoms with van der Waals surface area (Å²) in [6.45, 7) is 0.211. The third kappa shape index (κ3) is 3.11. The monoisotopic (exact) mass is 251 g/mol. The zero-order valence-electron chi connectivity index (χ0n) is 9.32. The van der Waals surface area contributed by atoms with Gasteiger partial charge in [-0.05, 0) is 17.7 Å². The van der Waals surface area contributed by atoms with Gasteiger partial charge in [0, 0.05) is 24.9 Å². The molecule has 1 aromatic heterocycles. The van der Waals surface area contributed by atoms with Crippen LogP contribution >= 0.6 is 0 Å². The van der Waals surface area contributed by atoms with Gasteiger partial charge in [0.2, 0.25) is 5.95 Å². The van der Waals surface area contributed by atoms with E-state index in [0.717, 1.165) is 6.07 Å². The highest BCUT2D eigenvalue weighted by atomic mass is 19.1. The molecule has 0 saturated heterocycles. The summed E-state index contributed by atoms with van der Waals surface area (Å²) in [6.07, 6.45) is 1.51. The van der Waals surface area contributed by atoms with Crippen LogP contribution in [0.4, 0.5) is 20.5 Å². The first kappa shape index (κ1) is 12.2. The van der Waals surface area contributed by atoms with E-state index in [4.69, 9.17) is 5.84 Å². The summed E-state index contributed by atoms with van der Waals surface area (Å²) in [5, 5.41) is 2.84. The largest absolute Gasteiger partial charge is 0.350 e. The number of nitrogens with one attached hydrogen (secondary N) is 2. The van der Waals surface area contributed by atoms with Gasteiger partial charge in [-0.3, -0.25) is 0 Å². The van der Waals surface area contributed by atoms with E-state index in [1.165, 1.54) is 18.3 Å². The van der Waals surface area contributed by atoms with Gasteiger partial charge in [-0.1, -0.05) is 0 Å². The molecule has 0 fully saturated rings. The van der Waals surface area contributed by atoms with Crippen LogP contribution in [0.2, 0.25) is 0 Å². The molecule has 0 aliphatic heterocycles. The molecule has 2 aromatic rings. The Balaban J connectivity index is 2.06. The smallest absolute Gasteiger partial charge is 0.224 e. The maximum Gasteiger partial charge on any atom is 0.224 e. The van der Waals surface area contributed by atoms with Gasteiger partial charge < -0.3 is 10.7 Å². The molecule has 7 heteroatoms. The summed E-state index contributed by atoms with van der Waals surface area (Å²) in [5.41, 5.74) is 2.83. The van der Waals surface area contributed by atoms with E-state index in [2.05, 4.69) is 20.7 Å². The van der Waals surface area contributed by atoms with Gasteiger partial charge in [0.05, 0.1) is 0 Å². The molecule has 1 aromatic carbocycles. The van der Waals surface area contributed by atoms with Crippen molar-refractivity contribution in [1.82, 2.24) is 9.97 Å². The molecule has 5 nitrogen and oxygen atoms in total. The Morgan fingerprint density at radius 3 is 2.56 bits per heavy atom. The van der Waals surface area contributed by atoms with Crippen molar-refractivity contribution in [2.24, 2.45) is 5.84 Å². The quantitative estimate of drug-likeness (QED) is 0.569. The van der Waals surface area contributed by atoms with Crippen molar-refractivity contribution in [3.8, 4) is 0 Å². The van der Waals surface area contributed by atoms with Crippen molar-refractivity contribution in [3.63, 3.8) is 0 Å². The summed E-state index contributed by atoms with van der Waals surface area (Å²) < 4.78 is 25.9. The van der Waals surface area contributed by atoms with E-state index in [1.54, 1.807) is 6.07 Å². The summed E-state index contributed by atoms with van der Waals surface area (Å²) >= 11 is 0. The topological polar surface area (TPSA) is 75.9 Å². The summed E-state index contributed by atoms with van der Waals surface area (Å²) in [7, 11) is 0. The van der Waals surface area contributed by atoms with Gasteiger partial charge in [0.1, 0.15) is 17.5 Å². The van der Waals surface area contributed by atoms with Crippen LogP contribution in [0.5, 0.6) is 0 Å². The molecule has 4 N–H and O–H groups in total. The second-order valence-electron chi connectivity index (χ2n) is 3.54. The lowest BCUT2D eigenvalue weighted by Gasteiger charge is -2.06. The number of hydrazine groups is 1. The summed E-state index contributed by atoms with van der Waals surface area (Å²) in [5.74, 6) is 4.72. The Morgan fingerprint density at radius 2 is 1.89 bits per heavy atom. The van der Waals surface area contributed by atoms with Crippen molar-refractivity contribution < 1.29 is 8.78 Å². The molecule has 0 aliphatic rings. The van der Waals surface area contributed by atoms with Crippen molar-refractivity contribution in [1.29, 1.82) is 0 Å². The molecule has 0 unspecified atom stereocenters. The van der Waals surface area contributed by atoms with Gasteiger partial charge in [0.25, 0.3) is 0 Å². The highest BCUT2D eigenvalue weighted by Crippen LogP contribution is 2.10. The number of hydrogen-bond donors (Lipinski definition) is 3. The maximum atomic E-state index is 12.9. The van der Waals surface area contributed by atoms with Gasteiger partial charge in [-0.25, -0.2) is 19.6 Å². The zero-order valence-corrected chi connectivity index (χ0v) is 9.32. The molecule has 0 radical (unpaired) electrons. The number of rotatable bonds is 4. The minimum atomic E-state index is -0.620. The number of benzene rings is 1. The zero-order chi connectivity index (χ0) is 13.0. The first-order valence-electron chi connectivity index (χ1n) is 5.16. The Hall–Kier alpha value is -2.28. The average molecular weight is 251 g/mol. The Labute approximate surface area is 102 Å². The van der Waals surface area contributed by atoms with Crippen LogP contribution in [-0.2, 0) is 6.54 Å². The fraction of sp³-hybridized carbons (Fsp3) is 0.0909. The van der Waals surface area contributed by atoms with Crippen LogP contribution in [-0.4, -0.2) is 9.97 Å². The molecule has 0 saturated carbocycles. The van der Waals surface area contributed by atoms with Gasteiger partial charge in [-0.2, -0.15) is 4.98 Å². The molecule has 0 spiro atoms. The molecular weight excluding hydrogens is 240 g/mol. The van der Waals surface area contributed by atoms with E-state index in [-0.39, 0.29) is 6.54 Å². The van der Waals surface area contributed by atoms with E-state index < -0.39 is 11.6 Å². The number of nitrogens with zero attached hydrogens (tertiary/aromatic N) is 2. The second-order valence-corrected chi connectivity index (χ2v) is 3.54. The molecule has 0 aliphatic carbocycles. The SMILES string of the molecule is NNc1ccnc(NCc2cc(F)cc(F)c2)n1. The molecular formula is C11H11F2N5. The number of nitrogen functional groups attached to an aromatic ring is 1. The standard InChI is InChI=1S/C11H11F2N5/c12-8-3-7(4-9(13)5-8)6-16-11-15-2-1-10(17-11)18-14/h1-5H,6,14H2,(H2,15,16,17,18). The number of aromatic nitrogens is 2. The Morgan fingerprint density at radius 1 is 1.17 bits per heavy atom.